The molecule has 0 saturated heterocycles. The van der Waals surface area contributed by atoms with E-state index < -0.39 is 0 Å². The second kappa shape index (κ2) is 2.98. The largest absolute Gasteiger partial charge is 0.298 e. The molecule has 2 heteroatoms. The summed E-state index contributed by atoms with van der Waals surface area (Å²) in [7, 11) is 0. The lowest BCUT2D eigenvalue weighted by molar-refractivity contribution is -0.103. The van der Waals surface area contributed by atoms with Crippen LogP contribution in [-0.2, 0) is 4.79 Å². The average Bonchev–Trinajstić information content (AvgIpc) is 2.19. The van der Waals surface area contributed by atoms with E-state index in [-0.39, 0.29) is 5.78 Å². The Bertz CT molecular complexity index is 402. The summed E-state index contributed by atoms with van der Waals surface area (Å²) in [5.74, 6) is 0.0844. The minimum atomic E-state index is 0.0844. The lowest BCUT2D eigenvalue weighted by Crippen LogP contribution is -2.07. The topological polar surface area (TPSA) is 34.1 Å². The number of allylic oxidation sites excluding steroid dienone is 2. The van der Waals surface area contributed by atoms with Gasteiger partial charge in [0.15, 0.2) is 5.78 Å². The van der Waals surface area contributed by atoms with Crippen molar-refractivity contribution in [3.8, 4) is 0 Å². The van der Waals surface area contributed by atoms with Crippen molar-refractivity contribution in [2.45, 2.75) is 6.42 Å². The lowest BCUT2D eigenvalue weighted by Gasteiger charge is -2.11. The molecule has 1 aromatic carbocycles. The number of fused-ring (bicyclic) bond motifs is 1. The third-order valence-corrected chi connectivity index (χ3v) is 2.17. The van der Waals surface area contributed by atoms with Crippen molar-refractivity contribution >= 4 is 17.6 Å². The molecule has 13 heavy (non-hydrogen) atoms. The van der Waals surface area contributed by atoms with E-state index in [0.29, 0.717) is 17.6 Å². The summed E-state index contributed by atoms with van der Waals surface area (Å²) >= 11 is 0. The molecule has 2 nitrogen and oxygen atoms in total. The number of carbonyl (C=O) groups excluding carboxylic acids is 2. The zero-order valence-corrected chi connectivity index (χ0v) is 6.99. The summed E-state index contributed by atoms with van der Waals surface area (Å²) < 4.78 is 0. The number of hydrogen-bond donors (Lipinski definition) is 0. The molecular weight excluding hydrogens is 164 g/mol. The van der Waals surface area contributed by atoms with Crippen LogP contribution in [0.5, 0.6) is 0 Å². The van der Waals surface area contributed by atoms with E-state index in [9.17, 15) is 9.59 Å². The fourth-order valence-electron chi connectivity index (χ4n) is 1.51. The number of rotatable bonds is 1. The molecule has 1 aromatic rings. The van der Waals surface area contributed by atoms with Gasteiger partial charge in [0, 0.05) is 17.6 Å². The number of Topliss-reactive ketones (excluding diaryl/α,β-unsaturated/α-hetero) is 1. The van der Waals surface area contributed by atoms with Crippen molar-refractivity contribution < 1.29 is 9.59 Å². The van der Waals surface area contributed by atoms with E-state index in [2.05, 4.69) is 0 Å². The van der Waals surface area contributed by atoms with Gasteiger partial charge in [0.2, 0.25) is 0 Å². The highest BCUT2D eigenvalue weighted by molar-refractivity contribution is 6.16. The third-order valence-electron chi connectivity index (χ3n) is 2.17. The van der Waals surface area contributed by atoms with E-state index in [1.807, 2.05) is 12.1 Å². The monoisotopic (exact) mass is 172 g/mol. The number of aldehydes is 1. The van der Waals surface area contributed by atoms with E-state index in [0.717, 1.165) is 11.8 Å². The van der Waals surface area contributed by atoms with E-state index in [1.54, 1.807) is 18.2 Å². The molecule has 1 aliphatic rings. The Morgan fingerprint density at radius 2 is 1.85 bits per heavy atom. The van der Waals surface area contributed by atoms with Gasteiger partial charge in [-0.25, -0.2) is 0 Å². The minimum absolute atomic E-state index is 0.0844. The molecule has 0 amide bonds. The fraction of sp³-hybridized carbons (Fsp3) is 0.0909. The summed E-state index contributed by atoms with van der Waals surface area (Å²) in [6.07, 6.45) is 2.81. The van der Waals surface area contributed by atoms with Crippen molar-refractivity contribution in [3.63, 3.8) is 0 Å². The zero-order valence-electron chi connectivity index (χ0n) is 6.99. The van der Waals surface area contributed by atoms with Gasteiger partial charge >= 0.3 is 0 Å². The van der Waals surface area contributed by atoms with Gasteiger partial charge in [0.25, 0.3) is 0 Å². The van der Waals surface area contributed by atoms with Crippen LogP contribution in [0.4, 0.5) is 0 Å². The van der Waals surface area contributed by atoms with E-state index in [1.165, 1.54) is 0 Å². The van der Waals surface area contributed by atoms with Crippen molar-refractivity contribution in [3.05, 3.63) is 41.5 Å². The molecule has 1 aliphatic carbocycles. The van der Waals surface area contributed by atoms with Crippen molar-refractivity contribution in [2.24, 2.45) is 0 Å². The molecule has 0 unspecified atom stereocenters. The Balaban J connectivity index is 2.64. The lowest BCUT2D eigenvalue weighted by atomic mass is 9.91. The average molecular weight is 172 g/mol. The molecule has 0 N–H and O–H groups in total. The Morgan fingerprint density at radius 1 is 1.15 bits per heavy atom. The summed E-state index contributed by atoms with van der Waals surface area (Å²) in [5, 5.41) is 0. The van der Waals surface area contributed by atoms with Gasteiger partial charge < -0.3 is 0 Å². The van der Waals surface area contributed by atoms with Crippen LogP contribution in [0, 0.1) is 0 Å². The molecule has 0 radical (unpaired) electrons. The molecule has 2 rings (SSSR count). The van der Waals surface area contributed by atoms with Crippen LogP contribution in [0.1, 0.15) is 22.3 Å². The Morgan fingerprint density at radius 3 is 2.54 bits per heavy atom. The molecule has 0 bridgehead atoms. The number of ketones is 1. The van der Waals surface area contributed by atoms with Gasteiger partial charge in [-0.05, 0) is 5.56 Å². The SMILES string of the molecule is O=CC1=CCC(=O)c2ccccc21. The second-order valence-electron chi connectivity index (χ2n) is 2.95. The molecule has 0 fully saturated rings. The molecule has 0 aliphatic heterocycles. The standard InChI is InChI=1S/C11H8O2/c12-7-8-5-6-11(13)10-4-2-1-3-9(8)10/h1-5,7H,6H2. The molecule has 0 atom stereocenters. The Hall–Kier alpha value is -1.70. The predicted molar refractivity (Wildman–Crippen MR) is 49.4 cm³/mol. The normalized spacial score (nSPS) is 14.8. The maximum atomic E-state index is 11.4. The van der Waals surface area contributed by atoms with Gasteiger partial charge in [-0.15, -0.1) is 0 Å². The van der Waals surface area contributed by atoms with E-state index >= 15 is 0 Å². The van der Waals surface area contributed by atoms with Gasteiger partial charge in [-0.3, -0.25) is 9.59 Å². The first kappa shape index (κ1) is 7.92. The summed E-state index contributed by atoms with van der Waals surface area (Å²) in [5.41, 5.74) is 2.04. The van der Waals surface area contributed by atoms with Gasteiger partial charge in [-0.2, -0.15) is 0 Å². The molecule has 64 valence electrons. The highest BCUT2D eigenvalue weighted by Gasteiger charge is 2.17. The number of carbonyl (C=O) groups is 2. The van der Waals surface area contributed by atoms with Crippen LogP contribution >= 0.6 is 0 Å². The summed E-state index contributed by atoms with van der Waals surface area (Å²) in [6.45, 7) is 0. The number of benzene rings is 1. The van der Waals surface area contributed by atoms with Gasteiger partial charge in [0.1, 0.15) is 6.29 Å². The first-order valence-electron chi connectivity index (χ1n) is 4.11. The van der Waals surface area contributed by atoms with Gasteiger partial charge in [-0.1, -0.05) is 30.3 Å². The van der Waals surface area contributed by atoms with Crippen molar-refractivity contribution in [2.75, 3.05) is 0 Å². The van der Waals surface area contributed by atoms with E-state index in [4.69, 9.17) is 0 Å². The minimum Gasteiger partial charge on any atom is -0.298 e. The quantitative estimate of drug-likeness (QED) is 0.606. The first-order chi connectivity index (χ1) is 6.33. The van der Waals surface area contributed by atoms with Crippen LogP contribution < -0.4 is 0 Å². The summed E-state index contributed by atoms with van der Waals surface area (Å²) in [4.78, 5) is 22.0. The predicted octanol–water partition coefficient (Wildman–Crippen LogP) is 1.86. The van der Waals surface area contributed by atoms with Gasteiger partial charge in [0.05, 0.1) is 0 Å². The number of hydrogen-bond acceptors (Lipinski definition) is 2. The third kappa shape index (κ3) is 1.20. The smallest absolute Gasteiger partial charge is 0.167 e. The maximum Gasteiger partial charge on any atom is 0.167 e. The second-order valence-corrected chi connectivity index (χ2v) is 2.95. The molecule has 0 aromatic heterocycles. The fourth-order valence-corrected chi connectivity index (χ4v) is 1.51. The van der Waals surface area contributed by atoms with Crippen LogP contribution in [0.15, 0.2) is 30.3 Å². The van der Waals surface area contributed by atoms with Crippen LogP contribution in [0.25, 0.3) is 5.57 Å². The van der Waals surface area contributed by atoms with Crippen molar-refractivity contribution in [1.29, 1.82) is 0 Å². The molecular formula is C11H8O2. The summed E-state index contributed by atoms with van der Waals surface area (Å²) in [6, 6.07) is 7.19. The van der Waals surface area contributed by atoms with Crippen LogP contribution in [0.2, 0.25) is 0 Å². The van der Waals surface area contributed by atoms with Crippen LogP contribution in [0.3, 0.4) is 0 Å². The highest BCUT2D eigenvalue weighted by atomic mass is 16.1. The van der Waals surface area contributed by atoms with Crippen molar-refractivity contribution in [1.82, 2.24) is 0 Å². The van der Waals surface area contributed by atoms with Crippen LogP contribution in [-0.4, -0.2) is 12.1 Å². The highest BCUT2D eigenvalue weighted by Crippen LogP contribution is 2.24. The molecule has 0 saturated carbocycles. The molecule has 0 heterocycles. The maximum absolute atomic E-state index is 11.4. The molecule has 0 spiro atoms. The first-order valence-corrected chi connectivity index (χ1v) is 4.11. The zero-order chi connectivity index (χ0) is 9.26. The Kier molecular flexibility index (Phi) is 1.81. The Labute approximate surface area is 75.9 Å².